The molecule has 4 rings (SSSR count). The molecule has 0 aromatic rings. The lowest BCUT2D eigenvalue weighted by Crippen LogP contribution is -2.71. The topological polar surface area (TPSA) is 403 Å². The largest absolute Gasteiger partial charge is 0.477 e. The summed E-state index contributed by atoms with van der Waals surface area (Å²) in [6.45, 7) is 0.542. The predicted octanol–water partition coefficient (Wildman–Crippen LogP) is -9.23. The molecule has 0 aromatic carbocycles. The number of amides is 2. The minimum Gasteiger partial charge on any atom is -0.477 e. The molecule has 0 bridgehead atoms. The molecule has 0 saturated carbocycles. The maximum Gasteiger partial charge on any atom is 0.364 e. The molecule has 0 spiro atoms. The number of hydrogen-bond acceptors (Lipinski definition) is 22. The van der Waals surface area contributed by atoms with Gasteiger partial charge >= 0.3 is 5.97 Å². The summed E-state index contributed by atoms with van der Waals surface area (Å²) >= 11 is 0. The number of rotatable bonds is 14. The first kappa shape index (κ1) is 46.3. The fourth-order valence-electron chi connectivity index (χ4n) is 7.02. The molecular formula is C31H52N2O23. The summed E-state index contributed by atoms with van der Waals surface area (Å²) in [4.78, 5) is 36.4. The van der Waals surface area contributed by atoms with Crippen molar-refractivity contribution in [3.05, 3.63) is 0 Å². The van der Waals surface area contributed by atoms with E-state index in [0.717, 1.165) is 13.8 Å². The van der Waals surface area contributed by atoms with Gasteiger partial charge in [-0.2, -0.15) is 0 Å². The van der Waals surface area contributed by atoms with Gasteiger partial charge in [-0.25, -0.2) is 4.79 Å². The molecule has 0 radical (unpaired) electrons. The highest BCUT2D eigenvalue weighted by atomic mass is 16.8. The zero-order valence-electron chi connectivity index (χ0n) is 30.3. The van der Waals surface area contributed by atoms with Crippen LogP contribution in [-0.2, 0) is 47.5 Å². The van der Waals surface area contributed by atoms with E-state index in [1.54, 1.807) is 0 Å². The highest BCUT2D eigenvalue weighted by Gasteiger charge is 2.60. The molecule has 1 unspecified atom stereocenters. The molecule has 56 heavy (non-hydrogen) atoms. The Morgan fingerprint density at radius 3 is 1.82 bits per heavy atom. The number of carboxylic acids is 1. The second kappa shape index (κ2) is 19.1. The molecule has 25 heteroatoms. The Kier molecular flexibility index (Phi) is 15.8. The smallest absolute Gasteiger partial charge is 0.364 e. The minimum absolute atomic E-state index is 0.680. The SMILES string of the molecule is CC(=O)N[C@H]1[C@H]([C@H](O)[C@H](O)CO)O[C@@](O[C@H]2[C@@H](O)[C@@H](CO)O[C@@H](O[C@H]3[C@@H](O)[C@H](O)[C@@H](O[C@H]4[C@H](O)[C@@H](CO)OC(O)[C@@H]4NC(C)=O)O[C@H]3C)[C@@H]2O)(C(=O)O)C[C@@H]1O. The van der Waals surface area contributed by atoms with Crippen LogP contribution in [0.3, 0.4) is 0 Å². The highest BCUT2D eigenvalue weighted by molar-refractivity contribution is 5.76. The fraction of sp³-hybridized carbons (Fsp3) is 0.903. The van der Waals surface area contributed by atoms with Crippen LogP contribution in [0.5, 0.6) is 0 Å². The van der Waals surface area contributed by atoms with Gasteiger partial charge in [0.25, 0.3) is 5.79 Å². The summed E-state index contributed by atoms with van der Waals surface area (Å²) in [5.41, 5.74) is 0. The standard InChI is InChI=1S/C31H52N2O23/c1-8-23(20(44)21(45)28(50-8)54-24-16(33-10(3)38)27(47)51-13(6-35)18(24)42)53-29-22(46)26(19(43)14(7-36)52-29)56-31(30(48)49)4-11(39)15(32-9(2)37)25(55-31)17(41)12(40)5-34/h8,11-29,34-36,39-47H,4-7H2,1-3H3,(H,32,37)(H,33,38)(H,48,49)/t8-,11-,12+,13+,14+,15+,16+,17+,18+,19-,20-,21-,22+,23+,24+,25+,26-,27?,28+,29-,31-/m0/s1. The number of carboxylic acid groups (broad SMARTS) is 1. The second-order valence-corrected chi connectivity index (χ2v) is 14.0. The van der Waals surface area contributed by atoms with Gasteiger partial charge in [-0.05, 0) is 6.92 Å². The van der Waals surface area contributed by atoms with Crippen molar-refractivity contribution in [2.45, 2.75) is 155 Å². The average Bonchev–Trinajstić information content (AvgIpc) is 3.14. The summed E-state index contributed by atoms with van der Waals surface area (Å²) in [5.74, 6) is -6.52. The van der Waals surface area contributed by atoms with Crippen molar-refractivity contribution >= 4 is 17.8 Å². The monoisotopic (exact) mass is 820 g/mol. The third-order valence-electron chi connectivity index (χ3n) is 9.94. The van der Waals surface area contributed by atoms with Crippen LogP contribution in [0.25, 0.3) is 0 Å². The third kappa shape index (κ3) is 9.74. The summed E-state index contributed by atoms with van der Waals surface area (Å²) in [6.07, 6.45) is -34.5. The van der Waals surface area contributed by atoms with Crippen molar-refractivity contribution in [1.29, 1.82) is 0 Å². The molecule has 2 amide bonds. The van der Waals surface area contributed by atoms with E-state index in [2.05, 4.69) is 10.6 Å². The molecule has 15 N–H and O–H groups in total. The normalized spacial score (nSPS) is 45.7. The summed E-state index contributed by atoms with van der Waals surface area (Å²) in [6, 6.07) is -3.03. The van der Waals surface area contributed by atoms with Gasteiger partial charge in [0.15, 0.2) is 18.9 Å². The first-order valence-corrected chi connectivity index (χ1v) is 17.6. The van der Waals surface area contributed by atoms with Crippen LogP contribution in [0, 0.1) is 0 Å². The number of nitrogens with one attached hydrogen (secondary N) is 2. The molecule has 21 atom stereocenters. The van der Waals surface area contributed by atoms with Crippen molar-refractivity contribution in [3.8, 4) is 0 Å². The number of aliphatic hydroxyl groups is 12. The first-order chi connectivity index (χ1) is 26.2. The van der Waals surface area contributed by atoms with Gasteiger partial charge in [-0.3, -0.25) is 9.59 Å². The average molecular weight is 821 g/mol. The maximum atomic E-state index is 12.8. The highest BCUT2D eigenvalue weighted by Crippen LogP contribution is 2.38. The van der Waals surface area contributed by atoms with Crippen LogP contribution in [0.1, 0.15) is 27.2 Å². The van der Waals surface area contributed by atoms with E-state index in [-0.39, 0.29) is 0 Å². The van der Waals surface area contributed by atoms with E-state index in [1.165, 1.54) is 6.92 Å². The third-order valence-corrected chi connectivity index (χ3v) is 9.94. The molecule has 4 fully saturated rings. The zero-order valence-corrected chi connectivity index (χ0v) is 30.3. The van der Waals surface area contributed by atoms with E-state index in [9.17, 15) is 80.8 Å². The predicted molar refractivity (Wildman–Crippen MR) is 173 cm³/mol. The van der Waals surface area contributed by atoms with Crippen LogP contribution in [0.4, 0.5) is 0 Å². The number of carbonyl (C=O) groups excluding carboxylic acids is 2. The van der Waals surface area contributed by atoms with Crippen molar-refractivity contribution in [3.63, 3.8) is 0 Å². The number of ether oxygens (including phenoxy) is 7. The van der Waals surface area contributed by atoms with Crippen molar-refractivity contribution in [2.24, 2.45) is 0 Å². The number of aliphatic hydroxyl groups excluding tert-OH is 12. The molecule has 0 aromatic heterocycles. The lowest BCUT2D eigenvalue weighted by atomic mass is 9.88. The molecule has 25 nitrogen and oxygen atoms in total. The van der Waals surface area contributed by atoms with Crippen LogP contribution >= 0.6 is 0 Å². The number of hydrogen-bond donors (Lipinski definition) is 15. The lowest BCUT2D eigenvalue weighted by Gasteiger charge is -2.51. The Bertz CT molecular complexity index is 1330. The molecular weight excluding hydrogens is 768 g/mol. The van der Waals surface area contributed by atoms with E-state index in [1.807, 2.05) is 0 Å². The molecule has 0 aliphatic carbocycles. The zero-order chi connectivity index (χ0) is 42.0. The van der Waals surface area contributed by atoms with E-state index >= 15 is 0 Å². The van der Waals surface area contributed by atoms with Gasteiger partial charge in [0.1, 0.15) is 85.4 Å². The summed E-state index contributed by atoms with van der Waals surface area (Å²) in [7, 11) is 0. The number of aliphatic carboxylic acids is 1. The van der Waals surface area contributed by atoms with Crippen LogP contribution in [0.15, 0.2) is 0 Å². The molecule has 324 valence electrons. The Hall–Kier alpha value is -2.35. The van der Waals surface area contributed by atoms with Gasteiger partial charge in [0.05, 0.1) is 38.1 Å². The fourth-order valence-corrected chi connectivity index (χ4v) is 7.02. The van der Waals surface area contributed by atoms with E-state index < -0.39 is 172 Å². The molecule has 4 saturated heterocycles. The van der Waals surface area contributed by atoms with Gasteiger partial charge in [-0.1, -0.05) is 0 Å². The van der Waals surface area contributed by atoms with E-state index in [4.69, 9.17) is 33.2 Å². The minimum atomic E-state index is -3.07. The van der Waals surface area contributed by atoms with Crippen molar-refractivity contribution in [1.82, 2.24) is 10.6 Å². The van der Waals surface area contributed by atoms with E-state index in [0.29, 0.717) is 0 Å². The van der Waals surface area contributed by atoms with Crippen molar-refractivity contribution in [2.75, 3.05) is 19.8 Å². The molecule has 4 aliphatic rings. The summed E-state index contributed by atoms with van der Waals surface area (Å²) < 4.78 is 39.0. The first-order valence-electron chi connectivity index (χ1n) is 17.6. The van der Waals surface area contributed by atoms with Gasteiger partial charge in [0, 0.05) is 20.3 Å². The van der Waals surface area contributed by atoms with Crippen LogP contribution in [0.2, 0.25) is 0 Å². The Labute approximate surface area is 317 Å². The molecule has 4 heterocycles. The van der Waals surface area contributed by atoms with Crippen LogP contribution in [-0.4, -0.2) is 232 Å². The maximum absolute atomic E-state index is 12.8. The lowest BCUT2D eigenvalue weighted by molar-refractivity contribution is -0.388. The van der Waals surface area contributed by atoms with Crippen molar-refractivity contribution < 1.29 is 114 Å². The van der Waals surface area contributed by atoms with Gasteiger partial charge in [-0.15, -0.1) is 0 Å². The Balaban J connectivity index is 1.56. The number of carbonyl (C=O) groups is 3. The van der Waals surface area contributed by atoms with Gasteiger partial charge in [0.2, 0.25) is 11.8 Å². The summed E-state index contributed by atoms with van der Waals surface area (Å²) in [5, 5.41) is 142. The van der Waals surface area contributed by atoms with Crippen LogP contribution < -0.4 is 10.6 Å². The second-order valence-electron chi connectivity index (χ2n) is 14.0. The Morgan fingerprint density at radius 1 is 0.732 bits per heavy atom. The molecule has 4 aliphatic heterocycles. The quantitative estimate of drug-likeness (QED) is 0.0773. The Morgan fingerprint density at radius 2 is 1.27 bits per heavy atom. The van der Waals surface area contributed by atoms with Gasteiger partial charge < -0.3 is 110 Å².